The third-order valence-corrected chi connectivity index (χ3v) is 8.94. The van der Waals surface area contributed by atoms with E-state index in [-0.39, 0.29) is 0 Å². The van der Waals surface area contributed by atoms with Gasteiger partial charge in [-0.1, -0.05) is 18.2 Å². The lowest BCUT2D eigenvalue weighted by Crippen LogP contribution is -2.47. The number of hydrogen-bond donors (Lipinski definition) is 2. The van der Waals surface area contributed by atoms with Gasteiger partial charge in [0, 0.05) is 44.5 Å². The Bertz CT molecular complexity index is 928. The van der Waals surface area contributed by atoms with E-state index in [0.29, 0.717) is 37.9 Å². The number of likely N-dealkylation sites (N-methyl/N-ethyl adjacent to an activating group) is 1. The molecule has 2 saturated heterocycles. The minimum absolute atomic E-state index is 0.404. The first kappa shape index (κ1) is 28.0. The highest BCUT2D eigenvalue weighted by molar-refractivity contribution is 7.85. The van der Waals surface area contributed by atoms with Gasteiger partial charge in [0.05, 0.1) is 19.8 Å². The molecule has 1 aromatic heterocycles. The minimum atomic E-state index is -4.97. The van der Waals surface area contributed by atoms with E-state index in [1.807, 2.05) is 26.7 Å². The van der Waals surface area contributed by atoms with Crippen LogP contribution in [0.5, 0.6) is 0 Å². The minimum Gasteiger partial charge on any atom is -0.393 e. The van der Waals surface area contributed by atoms with Crippen molar-refractivity contribution in [3.63, 3.8) is 0 Å². The smallest absolute Gasteiger partial charge is 0.393 e. The van der Waals surface area contributed by atoms with Gasteiger partial charge in [0.2, 0.25) is 5.60 Å². The van der Waals surface area contributed by atoms with Gasteiger partial charge in [0.1, 0.15) is 15.2 Å². The average Bonchev–Trinajstić information content (AvgIpc) is 3.40. The highest BCUT2D eigenvalue weighted by Gasteiger charge is 2.54. The van der Waals surface area contributed by atoms with Crippen molar-refractivity contribution in [2.24, 2.45) is 0 Å². The molecule has 3 unspecified atom stereocenters. The molecule has 2 fully saturated rings. The summed E-state index contributed by atoms with van der Waals surface area (Å²) in [5.41, 5.74) is -2.97. The van der Waals surface area contributed by atoms with Gasteiger partial charge in [0.15, 0.2) is 0 Å². The Kier molecular flexibility index (Phi) is 9.72. The van der Waals surface area contributed by atoms with Gasteiger partial charge in [-0.15, -0.1) is 11.3 Å². The van der Waals surface area contributed by atoms with Crippen LogP contribution < -0.4 is 4.90 Å². The second-order valence-corrected chi connectivity index (χ2v) is 11.2. The van der Waals surface area contributed by atoms with Gasteiger partial charge in [-0.2, -0.15) is 13.2 Å². The predicted octanol–water partition coefficient (Wildman–Crippen LogP) is 2.67. The molecular weight excluding hydrogens is 503 g/mol. The van der Waals surface area contributed by atoms with Crippen molar-refractivity contribution in [2.45, 2.75) is 29.0 Å². The highest BCUT2D eigenvalue weighted by atomic mass is 32.2. The van der Waals surface area contributed by atoms with Crippen molar-refractivity contribution < 1.29 is 32.3 Å². The largest absolute Gasteiger partial charge is 0.423 e. The number of rotatable bonds is 5. The van der Waals surface area contributed by atoms with Gasteiger partial charge < -0.3 is 19.8 Å². The maximum Gasteiger partial charge on any atom is 0.423 e. The van der Waals surface area contributed by atoms with E-state index in [0.717, 1.165) is 24.0 Å². The highest BCUT2D eigenvalue weighted by Crippen LogP contribution is 2.39. The van der Waals surface area contributed by atoms with Crippen LogP contribution in [0.15, 0.2) is 46.0 Å². The summed E-state index contributed by atoms with van der Waals surface area (Å²) in [6.45, 7) is 5.92. The lowest BCUT2D eigenvalue weighted by Gasteiger charge is -2.35. The molecule has 7 nitrogen and oxygen atoms in total. The van der Waals surface area contributed by atoms with E-state index in [2.05, 4.69) is 18.9 Å². The third-order valence-electron chi connectivity index (χ3n) is 6.25. The molecule has 0 radical (unpaired) electrons. The van der Waals surface area contributed by atoms with Gasteiger partial charge in [0.25, 0.3) is 0 Å². The molecule has 2 aromatic rings. The number of ether oxygens (including phenoxy) is 1. The molecule has 0 aliphatic carbocycles. The molecule has 1 aromatic carbocycles. The fraction of sp³-hybridized carbons (Fsp3) is 0.565. The second-order valence-electron chi connectivity index (χ2n) is 8.56. The number of halogens is 3. The van der Waals surface area contributed by atoms with Gasteiger partial charge >= 0.3 is 6.18 Å². The second kappa shape index (κ2) is 12.1. The molecule has 12 heteroatoms. The number of nitrogens with zero attached hydrogens (tertiary/aromatic N) is 3. The van der Waals surface area contributed by atoms with Gasteiger partial charge in [-0.3, -0.25) is 4.90 Å². The summed E-state index contributed by atoms with van der Waals surface area (Å²) in [5, 5.41) is 20.7. The van der Waals surface area contributed by atoms with E-state index in [9.17, 15) is 22.5 Å². The molecule has 2 N–H and O–H groups in total. The SMILES string of the molecule is CC1COCCN1C.O=S(c1cccs1)N1CCN(c2ccc(C(O)(CO)C(F)(F)F)cc2)CC1. The monoisotopic (exact) mass is 535 g/mol. The third kappa shape index (κ3) is 6.82. The first-order valence-corrected chi connectivity index (χ1v) is 13.3. The summed E-state index contributed by atoms with van der Waals surface area (Å²) in [4.78, 5) is 4.29. The van der Waals surface area contributed by atoms with Crippen LogP contribution in [0, 0.1) is 0 Å². The van der Waals surface area contributed by atoms with Crippen molar-refractivity contribution in [3.05, 3.63) is 47.3 Å². The topological polar surface area (TPSA) is 76.5 Å². The Morgan fingerprint density at radius 1 is 1.11 bits per heavy atom. The normalized spacial score (nSPS) is 22.7. The van der Waals surface area contributed by atoms with Crippen LogP contribution in [0.25, 0.3) is 0 Å². The number of thiophene rings is 1. The number of benzene rings is 1. The summed E-state index contributed by atoms with van der Waals surface area (Å²) in [7, 11) is 0.935. The summed E-state index contributed by atoms with van der Waals surface area (Å²) in [6.07, 6.45) is -4.97. The lowest BCUT2D eigenvalue weighted by molar-refractivity contribution is -0.277. The van der Waals surface area contributed by atoms with Crippen LogP contribution in [0.2, 0.25) is 0 Å². The van der Waals surface area contributed by atoms with Crippen molar-refractivity contribution in [1.82, 2.24) is 9.21 Å². The van der Waals surface area contributed by atoms with Gasteiger partial charge in [-0.05, 0) is 43.1 Å². The summed E-state index contributed by atoms with van der Waals surface area (Å²) < 4.78 is 59.4. The zero-order chi connectivity index (χ0) is 25.6. The lowest BCUT2D eigenvalue weighted by atomic mass is 9.94. The molecule has 0 bridgehead atoms. The molecule has 2 aliphatic heterocycles. The number of aliphatic hydroxyl groups is 2. The van der Waals surface area contributed by atoms with Crippen LogP contribution in [0.4, 0.5) is 18.9 Å². The Labute approximate surface area is 210 Å². The van der Waals surface area contributed by atoms with Crippen LogP contribution >= 0.6 is 11.3 Å². The Balaban J connectivity index is 0.000000363. The first-order chi connectivity index (χ1) is 16.6. The van der Waals surface area contributed by atoms with Crippen molar-refractivity contribution in [2.75, 3.05) is 64.5 Å². The average molecular weight is 536 g/mol. The maximum absolute atomic E-state index is 13.0. The molecule has 0 spiro atoms. The fourth-order valence-electron chi connectivity index (χ4n) is 3.70. The molecule has 35 heavy (non-hydrogen) atoms. The van der Waals surface area contributed by atoms with Gasteiger partial charge in [-0.25, -0.2) is 8.51 Å². The Hall–Kier alpha value is -1.54. The number of hydrogen-bond acceptors (Lipinski definition) is 7. The number of alkyl halides is 3. The molecule has 0 saturated carbocycles. The number of anilines is 1. The Morgan fingerprint density at radius 2 is 1.77 bits per heavy atom. The number of aliphatic hydroxyl groups excluding tert-OH is 1. The fourth-order valence-corrected chi connectivity index (χ4v) is 5.91. The molecule has 3 atom stereocenters. The quantitative estimate of drug-likeness (QED) is 0.613. The zero-order valence-electron chi connectivity index (χ0n) is 19.8. The molecule has 196 valence electrons. The van der Waals surface area contributed by atoms with Crippen LogP contribution in [0.1, 0.15) is 12.5 Å². The number of piperazine rings is 1. The van der Waals surface area contributed by atoms with E-state index in [1.54, 1.807) is 0 Å². The molecule has 2 aliphatic rings. The van der Waals surface area contributed by atoms with Crippen LogP contribution in [-0.2, 0) is 21.3 Å². The zero-order valence-corrected chi connectivity index (χ0v) is 21.4. The standard InChI is InChI=1S/C17H19F3N2O3S2.C6H13NO/c18-17(19,20)16(24,12-23)13-3-5-14(6-4-13)21-7-9-22(10-8-21)27(25)15-2-1-11-26-15;1-6-5-8-4-3-7(6)2/h1-6,11,23-24H,7-10,12H2;6H,3-5H2,1-2H3. The first-order valence-electron chi connectivity index (χ1n) is 11.3. The summed E-state index contributed by atoms with van der Waals surface area (Å²) in [6, 6.07) is 9.63. The van der Waals surface area contributed by atoms with E-state index < -0.39 is 34.9 Å². The van der Waals surface area contributed by atoms with Crippen LogP contribution in [0.3, 0.4) is 0 Å². The molecule has 3 heterocycles. The van der Waals surface area contributed by atoms with E-state index in [1.165, 1.54) is 35.6 Å². The van der Waals surface area contributed by atoms with Crippen molar-refractivity contribution in [3.8, 4) is 0 Å². The van der Waals surface area contributed by atoms with Crippen LogP contribution in [-0.4, -0.2) is 95.4 Å². The predicted molar refractivity (Wildman–Crippen MR) is 131 cm³/mol. The molecular formula is C23H32F3N3O4S2. The van der Waals surface area contributed by atoms with E-state index >= 15 is 0 Å². The van der Waals surface area contributed by atoms with Crippen molar-refractivity contribution in [1.29, 1.82) is 0 Å². The maximum atomic E-state index is 13.0. The molecule has 0 amide bonds. The summed E-state index contributed by atoms with van der Waals surface area (Å²) in [5.74, 6) is 0. The van der Waals surface area contributed by atoms with Crippen molar-refractivity contribution >= 4 is 28.0 Å². The molecule has 4 rings (SSSR count). The summed E-state index contributed by atoms with van der Waals surface area (Å²) >= 11 is 1.44. The Morgan fingerprint density at radius 3 is 2.23 bits per heavy atom. The number of morpholine rings is 1. The van der Waals surface area contributed by atoms with E-state index in [4.69, 9.17) is 9.84 Å².